The van der Waals surface area contributed by atoms with Gasteiger partial charge in [-0.1, -0.05) is 25.1 Å². The normalized spacial score (nSPS) is 17.0. The van der Waals surface area contributed by atoms with Crippen LogP contribution in [0.1, 0.15) is 52.5 Å². The molecule has 0 saturated heterocycles. The van der Waals surface area contributed by atoms with E-state index in [-0.39, 0.29) is 18.4 Å². The van der Waals surface area contributed by atoms with Crippen molar-refractivity contribution in [3.05, 3.63) is 77.2 Å². The molecule has 4 rings (SSSR count). The number of nitrogens with one attached hydrogen (secondary N) is 1. The summed E-state index contributed by atoms with van der Waals surface area (Å²) in [5.74, 6) is 1.03. The van der Waals surface area contributed by atoms with Gasteiger partial charge in [-0.3, -0.25) is 9.59 Å². The summed E-state index contributed by atoms with van der Waals surface area (Å²) in [6.45, 7) is 2.73. The minimum Gasteiger partial charge on any atom is -0.493 e. The zero-order valence-corrected chi connectivity index (χ0v) is 20.4. The van der Waals surface area contributed by atoms with Gasteiger partial charge in [-0.05, 0) is 47.9 Å². The second kappa shape index (κ2) is 10.5. The first-order chi connectivity index (χ1) is 17.0. The summed E-state index contributed by atoms with van der Waals surface area (Å²) in [7, 11) is 4.62. The second-order valence-corrected chi connectivity index (χ2v) is 8.26. The maximum atomic E-state index is 13.8. The third-order valence-electron chi connectivity index (χ3n) is 6.23. The molecule has 2 atom stereocenters. The third-order valence-corrected chi connectivity index (χ3v) is 6.23. The van der Waals surface area contributed by atoms with Gasteiger partial charge in [0.1, 0.15) is 5.76 Å². The van der Waals surface area contributed by atoms with Gasteiger partial charge in [-0.25, -0.2) is 0 Å². The molecular weight excluding hydrogens is 448 g/mol. The Bertz CT molecular complexity index is 1170. The van der Waals surface area contributed by atoms with Crippen molar-refractivity contribution in [2.75, 3.05) is 27.9 Å². The highest BCUT2D eigenvalue weighted by Gasteiger charge is 2.44. The second-order valence-electron chi connectivity index (χ2n) is 8.26. The van der Waals surface area contributed by atoms with Crippen LogP contribution in [0, 0.1) is 0 Å². The minimum atomic E-state index is -0.659. The lowest BCUT2D eigenvalue weighted by atomic mass is 9.79. The smallest absolute Gasteiger partial charge is 0.254 e. The Morgan fingerprint density at radius 2 is 1.74 bits per heavy atom. The van der Waals surface area contributed by atoms with Crippen LogP contribution in [0.15, 0.2) is 59.2 Å². The van der Waals surface area contributed by atoms with Crippen molar-refractivity contribution in [3.8, 4) is 17.2 Å². The van der Waals surface area contributed by atoms with Crippen LogP contribution >= 0.6 is 0 Å². The highest BCUT2D eigenvalue weighted by Crippen LogP contribution is 2.47. The Balaban J connectivity index is 1.86. The van der Waals surface area contributed by atoms with Crippen LogP contribution in [0.5, 0.6) is 17.2 Å². The van der Waals surface area contributed by atoms with Crippen molar-refractivity contribution in [3.63, 3.8) is 0 Å². The maximum Gasteiger partial charge on any atom is 0.254 e. The lowest BCUT2D eigenvalue weighted by Gasteiger charge is -2.42. The zero-order chi connectivity index (χ0) is 24.9. The molecule has 0 saturated carbocycles. The van der Waals surface area contributed by atoms with E-state index in [9.17, 15) is 9.59 Å². The molecule has 1 aliphatic heterocycles. The van der Waals surface area contributed by atoms with Crippen molar-refractivity contribution >= 4 is 11.8 Å². The summed E-state index contributed by atoms with van der Waals surface area (Å²) in [6, 6.07) is 13.9. The number of carbonyl (C=O) groups excluding carboxylic acids is 2. The topological polar surface area (TPSA) is 90.2 Å². The molecule has 8 nitrogen and oxygen atoms in total. The molecule has 1 aromatic heterocycles. The molecule has 184 valence electrons. The van der Waals surface area contributed by atoms with Crippen LogP contribution < -0.4 is 19.5 Å². The third kappa shape index (κ3) is 4.56. The fourth-order valence-corrected chi connectivity index (χ4v) is 4.70. The number of furan rings is 1. The van der Waals surface area contributed by atoms with Crippen molar-refractivity contribution in [1.82, 2.24) is 10.2 Å². The monoisotopic (exact) mass is 478 g/mol. The molecule has 1 N–H and O–H groups in total. The number of carbonyl (C=O) groups is 2. The first kappa shape index (κ1) is 24.2. The largest absolute Gasteiger partial charge is 0.493 e. The van der Waals surface area contributed by atoms with Gasteiger partial charge >= 0.3 is 0 Å². The Morgan fingerprint density at radius 3 is 2.34 bits per heavy atom. The predicted octanol–water partition coefficient (Wildman–Crippen LogP) is 4.31. The van der Waals surface area contributed by atoms with Crippen LogP contribution in [0.3, 0.4) is 0 Å². The minimum absolute atomic E-state index is 0.115. The van der Waals surface area contributed by atoms with Crippen LogP contribution in [-0.2, 0) is 11.3 Å². The zero-order valence-electron chi connectivity index (χ0n) is 20.4. The Kier molecular flexibility index (Phi) is 7.29. The van der Waals surface area contributed by atoms with Gasteiger partial charge in [0, 0.05) is 12.1 Å². The summed E-state index contributed by atoms with van der Waals surface area (Å²) in [5, 5.41) is 2.99. The van der Waals surface area contributed by atoms with Gasteiger partial charge in [-0.2, -0.15) is 0 Å². The molecule has 0 aliphatic carbocycles. The number of nitrogens with zero attached hydrogens (tertiary/aromatic N) is 1. The van der Waals surface area contributed by atoms with E-state index in [0.717, 1.165) is 6.42 Å². The van der Waals surface area contributed by atoms with Gasteiger partial charge in [0.25, 0.3) is 5.91 Å². The summed E-state index contributed by atoms with van der Waals surface area (Å²) in [5.41, 5.74) is 1.93. The van der Waals surface area contributed by atoms with Gasteiger partial charge in [0.15, 0.2) is 11.5 Å². The predicted molar refractivity (Wildman–Crippen MR) is 130 cm³/mol. The standard InChI is InChI=1S/C27H30N2O6/c1-5-12-29-24(17-14-21(32-2)25(34-4)22(15-17)33-3)23(19-10-6-7-11-20(19)27(29)31)26(30)28-16-18-9-8-13-35-18/h6-11,13-15,23-24H,5,12,16H2,1-4H3,(H,28,30)/t23-,24+/m1/s1. The number of amides is 2. The number of rotatable bonds is 9. The number of hydrogen-bond donors (Lipinski definition) is 1. The molecular formula is C27H30N2O6. The number of hydrogen-bond acceptors (Lipinski definition) is 6. The first-order valence-electron chi connectivity index (χ1n) is 11.5. The van der Waals surface area contributed by atoms with Crippen molar-refractivity contribution in [2.45, 2.75) is 31.8 Å². The van der Waals surface area contributed by atoms with E-state index in [0.29, 0.717) is 46.2 Å². The van der Waals surface area contributed by atoms with Crippen LogP contribution in [0.25, 0.3) is 0 Å². The van der Waals surface area contributed by atoms with Gasteiger partial charge in [0.2, 0.25) is 11.7 Å². The number of ether oxygens (including phenoxy) is 3. The molecule has 1 aliphatic rings. The Morgan fingerprint density at radius 1 is 1.03 bits per heavy atom. The highest BCUT2D eigenvalue weighted by molar-refractivity contribution is 6.01. The van der Waals surface area contributed by atoms with Crippen molar-refractivity contribution in [2.24, 2.45) is 0 Å². The first-order valence-corrected chi connectivity index (χ1v) is 11.5. The molecule has 0 unspecified atom stereocenters. The van der Waals surface area contributed by atoms with Crippen LogP contribution in [-0.4, -0.2) is 44.6 Å². The van der Waals surface area contributed by atoms with Crippen LogP contribution in [0.2, 0.25) is 0 Å². The van der Waals surface area contributed by atoms with Gasteiger partial charge in [0.05, 0.1) is 46.1 Å². The molecule has 2 amide bonds. The van der Waals surface area contributed by atoms with Gasteiger partial charge < -0.3 is 28.8 Å². The lowest BCUT2D eigenvalue weighted by molar-refractivity contribution is -0.124. The van der Waals surface area contributed by atoms with Gasteiger partial charge in [-0.15, -0.1) is 0 Å². The van der Waals surface area contributed by atoms with Crippen molar-refractivity contribution < 1.29 is 28.2 Å². The maximum absolute atomic E-state index is 13.8. The Labute approximate surface area is 204 Å². The van der Waals surface area contributed by atoms with E-state index in [4.69, 9.17) is 18.6 Å². The molecule has 2 heterocycles. The molecule has 35 heavy (non-hydrogen) atoms. The molecule has 0 radical (unpaired) electrons. The fraction of sp³-hybridized carbons (Fsp3) is 0.333. The summed E-state index contributed by atoms with van der Waals surface area (Å²) in [4.78, 5) is 29.1. The van der Waals surface area contributed by atoms with E-state index in [1.807, 2.05) is 37.3 Å². The van der Waals surface area contributed by atoms with E-state index < -0.39 is 12.0 Å². The van der Waals surface area contributed by atoms with E-state index in [1.54, 1.807) is 43.6 Å². The fourth-order valence-electron chi connectivity index (χ4n) is 4.70. The summed E-state index contributed by atoms with van der Waals surface area (Å²) >= 11 is 0. The van der Waals surface area contributed by atoms with E-state index in [2.05, 4.69) is 5.32 Å². The SMILES string of the molecule is CCCN1C(=O)c2ccccc2[C@@H](C(=O)NCc2ccco2)[C@@H]1c1cc(OC)c(OC)c(OC)c1. The lowest BCUT2D eigenvalue weighted by Crippen LogP contribution is -2.47. The average Bonchev–Trinajstić information content (AvgIpc) is 3.41. The molecule has 0 spiro atoms. The average molecular weight is 479 g/mol. The number of fused-ring (bicyclic) bond motifs is 1. The molecule has 3 aromatic rings. The van der Waals surface area contributed by atoms with E-state index in [1.165, 1.54) is 7.11 Å². The summed E-state index contributed by atoms with van der Waals surface area (Å²) in [6.07, 6.45) is 2.30. The quantitative estimate of drug-likeness (QED) is 0.493. The molecule has 0 bridgehead atoms. The molecule has 0 fully saturated rings. The van der Waals surface area contributed by atoms with E-state index >= 15 is 0 Å². The number of benzene rings is 2. The molecule has 2 aromatic carbocycles. The molecule has 8 heteroatoms. The number of methoxy groups -OCH3 is 3. The van der Waals surface area contributed by atoms with Crippen molar-refractivity contribution in [1.29, 1.82) is 0 Å². The van der Waals surface area contributed by atoms with Crippen LogP contribution in [0.4, 0.5) is 0 Å². The Hall–Kier alpha value is -3.94. The summed E-state index contributed by atoms with van der Waals surface area (Å²) < 4.78 is 22.0. The highest BCUT2D eigenvalue weighted by atomic mass is 16.5.